The molecule has 0 N–H and O–H groups in total. The average Bonchev–Trinajstić information content (AvgIpc) is 3.17. The minimum absolute atomic E-state index is 0.0549. The average molecular weight is 398 g/mol. The predicted octanol–water partition coefficient (Wildman–Crippen LogP) is 3.02. The van der Waals surface area contributed by atoms with Gasteiger partial charge in [-0.1, -0.05) is 30.0 Å². The van der Waals surface area contributed by atoms with E-state index in [0.717, 1.165) is 11.3 Å². The second-order valence-corrected chi connectivity index (χ2v) is 7.21. The van der Waals surface area contributed by atoms with Crippen molar-refractivity contribution in [3.05, 3.63) is 60.4 Å². The zero-order valence-electron chi connectivity index (χ0n) is 15.1. The van der Waals surface area contributed by atoms with E-state index in [0.29, 0.717) is 37.3 Å². The Morgan fingerprint density at radius 2 is 1.75 bits per heavy atom. The topological polar surface area (TPSA) is 60.2 Å². The molecule has 1 saturated heterocycles. The quantitative estimate of drug-likeness (QED) is 0.619. The normalized spacial score (nSPS) is 14.2. The van der Waals surface area contributed by atoms with Crippen molar-refractivity contribution >= 4 is 17.7 Å². The summed E-state index contributed by atoms with van der Waals surface area (Å²) in [5.41, 5.74) is 1.64. The van der Waals surface area contributed by atoms with Gasteiger partial charge in [0.2, 0.25) is 5.91 Å². The third-order valence-corrected chi connectivity index (χ3v) is 5.35. The molecule has 1 amide bonds. The van der Waals surface area contributed by atoms with Gasteiger partial charge < -0.3 is 9.64 Å². The van der Waals surface area contributed by atoms with Gasteiger partial charge in [-0.05, 0) is 36.4 Å². The second-order valence-electron chi connectivity index (χ2n) is 6.27. The third-order valence-electron chi connectivity index (χ3n) is 4.44. The minimum Gasteiger partial charge on any atom is -0.378 e. The van der Waals surface area contributed by atoms with Crippen LogP contribution in [0.4, 0.5) is 4.39 Å². The van der Waals surface area contributed by atoms with Gasteiger partial charge in [-0.3, -0.25) is 9.36 Å². The second kappa shape index (κ2) is 8.53. The number of thioether (sulfide) groups is 1. The fourth-order valence-electron chi connectivity index (χ4n) is 2.99. The number of para-hydroxylation sites is 1. The molecule has 3 aromatic rings. The summed E-state index contributed by atoms with van der Waals surface area (Å²) in [7, 11) is 0. The fraction of sp³-hybridized carbons (Fsp3) is 0.250. The summed E-state index contributed by atoms with van der Waals surface area (Å²) in [4.78, 5) is 14.3. The summed E-state index contributed by atoms with van der Waals surface area (Å²) in [6.07, 6.45) is 0. The molecule has 1 aliphatic rings. The summed E-state index contributed by atoms with van der Waals surface area (Å²) in [5, 5.41) is 9.22. The number of morpholine rings is 1. The van der Waals surface area contributed by atoms with Crippen molar-refractivity contribution in [1.82, 2.24) is 19.7 Å². The molecule has 1 aliphatic heterocycles. The summed E-state index contributed by atoms with van der Waals surface area (Å²) in [6.45, 7) is 2.38. The number of carbonyl (C=O) groups excluding carboxylic acids is 1. The van der Waals surface area contributed by atoms with Gasteiger partial charge in [0.25, 0.3) is 0 Å². The van der Waals surface area contributed by atoms with Crippen molar-refractivity contribution in [1.29, 1.82) is 0 Å². The van der Waals surface area contributed by atoms with Crippen molar-refractivity contribution in [3.63, 3.8) is 0 Å². The van der Waals surface area contributed by atoms with Gasteiger partial charge in [-0.15, -0.1) is 10.2 Å². The van der Waals surface area contributed by atoms with Crippen LogP contribution in [0.1, 0.15) is 0 Å². The van der Waals surface area contributed by atoms with E-state index >= 15 is 0 Å². The Kier molecular flexibility index (Phi) is 5.68. The molecular weight excluding hydrogens is 379 g/mol. The SMILES string of the molecule is O=C(CSc1nnc(-c2ccc(F)cc2)n1-c1ccccc1)N1CCOCC1. The Balaban J connectivity index is 1.62. The Morgan fingerprint density at radius 3 is 2.46 bits per heavy atom. The predicted molar refractivity (Wildman–Crippen MR) is 105 cm³/mol. The molecule has 4 rings (SSSR count). The van der Waals surface area contributed by atoms with E-state index in [2.05, 4.69) is 10.2 Å². The number of hydrogen-bond donors (Lipinski definition) is 0. The Labute approximate surface area is 166 Å². The van der Waals surface area contributed by atoms with Crippen molar-refractivity contribution in [2.45, 2.75) is 5.16 Å². The lowest BCUT2D eigenvalue weighted by Gasteiger charge is -2.26. The molecular formula is C20H19FN4O2S. The van der Waals surface area contributed by atoms with Crippen molar-refractivity contribution < 1.29 is 13.9 Å². The van der Waals surface area contributed by atoms with E-state index < -0.39 is 0 Å². The third kappa shape index (κ3) is 4.07. The van der Waals surface area contributed by atoms with Gasteiger partial charge in [0, 0.05) is 24.3 Å². The van der Waals surface area contributed by atoms with E-state index in [4.69, 9.17) is 4.74 Å². The van der Waals surface area contributed by atoms with Gasteiger partial charge in [-0.25, -0.2) is 4.39 Å². The van der Waals surface area contributed by atoms with Crippen molar-refractivity contribution in [3.8, 4) is 17.1 Å². The first-order chi connectivity index (χ1) is 13.7. The highest BCUT2D eigenvalue weighted by atomic mass is 32.2. The van der Waals surface area contributed by atoms with E-state index in [9.17, 15) is 9.18 Å². The highest BCUT2D eigenvalue weighted by Crippen LogP contribution is 2.28. The number of rotatable bonds is 5. The number of nitrogens with zero attached hydrogens (tertiary/aromatic N) is 4. The molecule has 8 heteroatoms. The Morgan fingerprint density at radius 1 is 1.04 bits per heavy atom. The summed E-state index contributed by atoms with van der Waals surface area (Å²) >= 11 is 1.35. The monoisotopic (exact) mass is 398 g/mol. The number of carbonyl (C=O) groups is 1. The highest BCUT2D eigenvalue weighted by molar-refractivity contribution is 7.99. The Hall–Kier alpha value is -2.71. The number of aromatic nitrogens is 3. The minimum atomic E-state index is -0.305. The molecule has 0 bridgehead atoms. The van der Waals surface area contributed by atoms with Crippen LogP contribution in [0.3, 0.4) is 0 Å². The molecule has 6 nitrogen and oxygen atoms in total. The van der Waals surface area contributed by atoms with Gasteiger partial charge in [0.05, 0.1) is 19.0 Å². The van der Waals surface area contributed by atoms with Crippen LogP contribution in [0, 0.1) is 5.82 Å². The molecule has 28 heavy (non-hydrogen) atoms. The number of benzene rings is 2. The molecule has 144 valence electrons. The molecule has 2 aromatic carbocycles. The van der Waals surface area contributed by atoms with E-state index in [1.165, 1.54) is 23.9 Å². The number of hydrogen-bond acceptors (Lipinski definition) is 5. The molecule has 0 saturated carbocycles. The lowest BCUT2D eigenvalue weighted by atomic mass is 10.2. The molecule has 0 radical (unpaired) electrons. The fourth-order valence-corrected chi connectivity index (χ4v) is 3.84. The first-order valence-corrected chi connectivity index (χ1v) is 9.96. The maximum Gasteiger partial charge on any atom is 0.233 e. The number of halogens is 1. The number of ether oxygens (including phenoxy) is 1. The van der Waals surface area contributed by atoms with Gasteiger partial charge in [0.1, 0.15) is 5.82 Å². The largest absolute Gasteiger partial charge is 0.378 e. The number of amides is 1. The Bertz CT molecular complexity index is 941. The van der Waals surface area contributed by atoms with Crippen LogP contribution in [0.25, 0.3) is 17.1 Å². The van der Waals surface area contributed by atoms with Crippen LogP contribution in [0.15, 0.2) is 59.8 Å². The maximum atomic E-state index is 13.3. The van der Waals surface area contributed by atoms with Crippen LogP contribution in [-0.2, 0) is 9.53 Å². The van der Waals surface area contributed by atoms with Gasteiger partial charge in [0.15, 0.2) is 11.0 Å². The molecule has 0 unspecified atom stereocenters. The van der Waals surface area contributed by atoms with E-state index in [1.54, 1.807) is 17.0 Å². The molecule has 2 heterocycles. The zero-order chi connectivity index (χ0) is 19.3. The van der Waals surface area contributed by atoms with Crippen LogP contribution < -0.4 is 0 Å². The van der Waals surface area contributed by atoms with Gasteiger partial charge in [-0.2, -0.15) is 0 Å². The van der Waals surface area contributed by atoms with Gasteiger partial charge >= 0.3 is 0 Å². The van der Waals surface area contributed by atoms with E-state index in [1.807, 2.05) is 34.9 Å². The van der Waals surface area contributed by atoms with Crippen LogP contribution in [-0.4, -0.2) is 57.6 Å². The molecule has 0 spiro atoms. The highest BCUT2D eigenvalue weighted by Gasteiger charge is 2.20. The first kappa shape index (κ1) is 18.6. The van der Waals surface area contributed by atoms with Crippen LogP contribution in [0.5, 0.6) is 0 Å². The molecule has 1 aromatic heterocycles. The molecule has 0 atom stereocenters. The summed E-state index contributed by atoms with van der Waals surface area (Å²) < 4.78 is 20.5. The van der Waals surface area contributed by atoms with Crippen molar-refractivity contribution in [2.24, 2.45) is 0 Å². The molecule has 1 fully saturated rings. The molecule has 0 aliphatic carbocycles. The summed E-state index contributed by atoms with van der Waals surface area (Å²) in [6, 6.07) is 15.8. The standard InChI is InChI=1S/C20H19FN4O2S/c21-16-8-6-15(7-9-16)19-22-23-20(25(19)17-4-2-1-3-5-17)28-14-18(26)24-10-12-27-13-11-24/h1-9H,10-14H2. The maximum absolute atomic E-state index is 13.3. The first-order valence-electron chi connectivity index (χ1n) is 8.97. The van der Waals surface area contributed by atoms with E-state index in [-0.39, 0.29) is 17.5 Å². The smallest absolute Gasteiger partial charge is 0.233 e. The lowest BCUT2D eigenvalue weighted by Crippen LogP contribution is -2.41. The van der Waals surface area contributed by atoms with Crippen molar-refractivity contribution in [2.75, 3.05) is 32.1 Å². The van der Waals surface area contributed by atoms with Crippen LogP contribution >= 0.6 is 11.8 Å². The lowest BCUT2D eigenvalue weighted by molar-refractivity contribution is -0.132. The van der Waals surface area contributed by atoms with Crippen LogP contribution in [0.2, 0.25) is 0 Å². The zero-order valence-corrected chi connectivity index (χ0v) is 15.9. The summed E-state index contributed by atoms with van der Waals surface area (Å²) in [5.74, 6) is 0.626.